The summed E-state index contributed by atoms with van der Waals surface area (Å²) in [6.07, 6.45) is 3.53. The van der Waals surface area contributed by atoms with E-state index in [-0.39, 0.29) is 0 Å². The van der Waals surface area contributed by atoms with Gasteiger partial charge in [-0.3, -0.25) is 4.98 Å². The van der Waals surface area contributed by atoms with Crippen molar-refractivity contribution < 1.29 is 5.11 Å². The first-order valence-electron chi connectivity index (χ1n) is 7.06. The molecule has 2 rings (SSSR count). The van der Waals surface area contributed by atoms with Crippen molar-refractivity contribution >= 4 is 0 Å². The van der Waals surface area contributed by atoms with E-state index in [0.717, 1.165) is 23.6 Å². The summed E-state index contributed by atoms with van der Waals surface area (Å²) in [6, 6.07) is 5.75. The fourth-order valence-electron chi connectivity index (χ4n) is 2.10. The zero-order valence-electron chi connectivity index (χ0n) is 12.6. The van der Waals surface area contributed by atoms with Crippen LogP contribution in [0.15, 0.2) is 24.4 Å². The van der Waals surface area contributed by atoms with Gasteiger partial charge in [0.25, 0.3) is 0 Å². The second-order valence-electron chi connectivity index (χ2n) is 6.20. The number of imidazole rings is 1. The van der Waals surface area contributed by atoms with Gasteiger partial charge in [-0.05, 0) is 31.9 Å². The lowest BCUT2D eigenvalue weighted by Gasteiger charge is -2.17. The summed E-state index contributed by atoms with van der Waals surface area (Å²) in [5.74, 6) is 1.61. The number of hydrogen-bond donors (Lipinski definition) is 2. The molecule has 0 unspecified atom stereocenters. The highest BCUT2D eigenvalue weighted by Crippen LogP contribution is 2.18. The molecule has 2 heterocycles. The third-order valence-electron chi connectivity index (χ3n) is 3.09. The van der Waals surface area contributed by atoms with Gasteiger partial charge in [0, 0.05) is 30.4 Å². The van der Waals surface area contributed by atoms with Gasteiger partial charge >= 0.3 is 0 Å². The van der Waals surface area contributed by atoms with E-state index in [9.17, 15) is 5.11 Å². The van der Waals surface area contributed by atoms with Crippen molar-refractivity contribution in [3.05, 3.63) is 47.3 Å². The smallest absolute Gasteiger partial charge is 0.106 e. The van der Waals surface area contributed by atoms with Gasteiger partial charge in [-0.15, -0.1) is 0 Å². The van der Waals surface area contributed by atoms with E-state index in [4.69, 9.17) is 0 Å². The first-order chi connectivity index (χ1) is 9.34. The van der Waals surface area contributed by atoms with Crippen LogP contribution < -0.4 is 0 Å². The standard InChI is InChI=1S/C16H23N3O/c1-11(2)8-15-17-10-13(19-15)9-12-6-5-7-14(18-12)16(3,4)20/h5-7,10-11,20H,8-9H2,1-4H3,(H,17,19). The molecule has 0 radical (unpaired) electrons. The first-order valence-corrected chi connectivity index (χ1v) is 7.06. The topological polar surface area (TPSA) is 61.8 Å². The molecular weight excluding hydrogens is 250 g/mol. The molecule has 2 N–H and O–H groups in total. The van der Waals surface area contributed by atoms with Crippen LogP contribution in [-0.2, 0) is 18.4 Å². The molecule has 20 heavy (non-hydrogen) atoms. The van der Waals surface area contributed by atoms with Gasteiger partial charge in [0.05, 0.1) is 5.69 Å². The summed E-state index contributed by atoms with van der Waals surface area (Å²) >= 11 is 0. The molecule has 0 atom stereocenters. The summed E-state index contributed by atoms with van der Waals surface area (Å²) < 4.78 is 0. The highest BCUT2D eigenvalue weighted by atomic mass is 16.3. The Labute approximate surface area is 120 Å². The minimum Gasteiger partial charge on any atom is -0.384 e. The third-order valence-corrected chi connectivity index (χ3v) is 3.09. The van der Waals surface area contributed by atoms with E-state index in [0.29, 0.717) is 18.0 Å². The molecule has 0 bridgehead atoms. The van der Waals surface area contributed by atoms with Crippen LogP contribution in [0.25, 0.3) is 0 Å². The van der Waals surface area contributed by atoms with Crippen molar-refractivity contribution in [3.8, 4) is 0 Å². The monoisotopic (exact) mass is 273 g/mol. The Hall–Kier alpha value is -1.68. The van der Waals surface area contributed by atoms with Crippen molar-refractivity contribution in [1.29, 1.82) is 0 Å². The number of aromatic amines is 1. The average Bonchev–Trinajstić information content (AvgIpc) is 2.75. The molecule has 4 heteroatoms. The van der Waals surface area contributed by atoms with Gasteiger partial charge < -0.3 is 10.1 Å². The molecule has 0 saturated heterocycles. The Morgan fingerprint density at radius 3 is 2.70 bits per heavy atom. The lowest BCUT2D eigenvalue weighted by molar-refractivity contribution is 0.0736. The van der Waals surface area contributed by atoms with Gasteiger partial charge in [0.2, 0.25) is 0 Å². The van der Waals surface area contributed by atoms with Crippen LogP contribution in [0.4, 0.5) is 0 Å². The van der Waals surface area contributed by atoms with E-state index < -0.39 is 5.60 Å². The minimum atomic E-state index is -0.910. The normalized spacial score (nSPS) is 12.1. The van der Waals surface area contributed by atoms with E-state index in [1.54, 1.807) is 13.8 Å². The van der Waals surface area contributed by atoms with Gasteiger partial charge in [-0.25, -0.2) is 4.98 Å². The van der Waals surface area contributed by atoms with Crippen molar-refractivity contribution in [2.75, 3.05) is 0 Å². The molecule has 0 saturated carbocycles. The van der Waals surface area contributed by atoms with Crippen LogP contribution in [0.1, 0.15) is 50.6 Å². The maximum absolute atomic E-state index is 10.0. The third kappa shape index (κ3) is 3.90. The number of pyridine rings is 1. The van der Waals surface area contributed by atoms with Crippen molar-refractivity contribution in [3.63, 3.8) is 0 Å². The zero-order chi connectivity index (χ0) is 14.8. The predicted molar refractivity (Wildman–Crippen MR) is 79.4 cm³/mol. The lowest BCUT2D eigenvalue weighted by Crippen LogP contribution is -2.18. The summed E-state index contributed by atoms with van der Waals surface area (Å²) in [6.45, 7) is 7.85. The molecule has 108 valence electrons. The molecule has 2 aromatic rings. The van der Waals surface area contributed by atoms with Crippen LogP contribution in [0, 0.1) is 5.92 Å². The molecule has 2 aromatic heterocycles. The highest BCUT2D eigenvalue weighted by molar-refractivity contribution is 5.19. The van der Waals surface area contributed by atoms with Crippen LogP contribution >= 0.6 is 0 Å². The molecular formula is C16H23N3O. The Balaban J connectivity index is 2.12. The van der Waals surface area contributed by atoms with Crippen LogP contribution in [0.3, 0.4) is 0 Å². The number of aromatic nitrogens is 3. The highest BCUT2D eigenvalue weighted by Gasteiger charge is 2.17. The number of hydrogen-bond acceptors (Lipinski definition) is 3. The molecule has 0 spiro atoms. The van der Waals surface area contributed by atoms with E-state index in [1.807, 2.05) is 24.4 Å². The fourth-order valence-corrected chi connectivity index (χ4v) is 2.10. The number of rotatable bonds is 5. The second kappa shape index (κ2) is 5.75. The summed E-state index contributed by atoms with van der Waals surface area (Å²) in [7, 11) is 0. The Morgan fingerprint density at radius 1 is 1.30 bits per heavy atom. The van der Waals surface area contributed by atoms with Crippen molar-refractivity contribution in [2.24, 2.45) is 5.92 Å². The van der Waals surface area contributed by atoms with Gasteiger partial charge in [0.15, 0.2) is 0 Å². The van der Waals surface area contributed by atoms with E-state index in [2.05, 4.69) is 28.8 Å². The first kappa shape index (κ1) is 14.7. The Bertz CT molecular complexity index is 567. The zero-order valence-corrected chi connectivity index (χ0v) is 12.6. The summed E-state index contributed by atoms with van der Waals surface area (Å²) in [4.78, 5) is 12.2. The van der Waals surface area contributed by atoms with Crippen LogP contribution in [0.5, 0.6) is 0 Å². The quantitative estimate of drug-likeness (QED) is 0.880. The van der Waals surface area contributed by atoms with Crippen LogP contribution in [0.2, 0.25) is 0 Å². The van der Waals surface area contributed by atoms with Crippen LogP contribution in [-0.4, -0.2) is 20.1 Å². The van der Waals surface area contributed by atoms with Gasteiger partial charge in [-0.1, -0.05) is 19.9 Å². The maximum Gasteiger partial charge on any atom is 0.106 e. The number of nitrogens with zero attached hydrogens (tertiary/aromatic N) is 2. The molecule has 0 amide bonds. The molecule has 0 aliphatic rings. The number of nitrogens with one attached hydrogen (secondary N) is 1. The van der Waals surface area contributed by atoms with Gasteiger partial charge in [0.1, 0.15) is 11.4 Å². The predicted octanol–water partition coefficient (Wildman–Crippen LogP) is 2.82. The molecule has 0 aliphatic carbocycles. The number of H-pyrrole nitrogens is 1. The SMILES string of the molecule is CC(C)Cc1ncc(Cc2cccc(C(C)(C)O)n2)[nH]1. The van der Waals surface area contributed by atoms with Crippen molar-refractivity contribution in [1.82, 2.24) is 15.0 Å². The maximum atomic E-state index is 10.0. The Kier molecular flexibility index (Phi) is 4.23. The Morgan fingerprint density at radius 2 is 2.05 bits per heavy atom. The second-order valence-corrected chi connectivity index (χ2v) is 6.20. The fraction of sp³-hybridized carbons (Fsp3) is 0.500. The number of aliphatic hydroxyl groups is 1. The average molecular weight is 273 g/mol. The molecule has 4 nitrogen and oxygen atoms in total. The lowest BCUT2D eigenvalue weighted by atomic mass is 10.0. The summed E-state index contributed by atoms with van der Waals surface area (Å²) in [5, 5.41) is 10.0. The van der Waals surface area contributed by atoms with Crippen molar-refractivity contribution in [2.45, 2.75) is 46.1 Å². The molecule has 0 aromatic carbocycles. The van der Waals surface area contributed by atoms with E-state index >= 15 is 0 Å². The largest absolute Gasteiger partial charge is 0.384 e. The molecule has 0 fully saturated rings. The van der Waals surface area contributed by atoms with E-state index in [1.165, 1.54) is 0 Å². The molecule has 0 aliphatic heterocycles. The minimum absolute atomic E-state index is 0.589. The van der Waals surface area contributed by atoms with Gasteiger partial charge in [-0.2, -0.15) is 0 Å². The summed E-state index contributed by atoms with van der Waals surface area (Å²) in [5.41, 5.74) is 1.77.